The minimum atomic E-state index is -0.406. The van der Waals surface area contributed by atoms with Crippen LogP contribution in [0, 0.1) is 0 Å². The molecule has 0 radical (unpaired) electrons. The van der Waals surface area contributed by atoms with Crippen LogP contribution in [0.25, 0.3) is 5.69 Å². The van der Waals surface area contributed by atoms with Gasteiger partial charge in [-0.2, -0.15) is 0 Å². The Kier molecular flexibility index (Phi) is 5.57. The zero-order chi connectivity index (χ0) is 20.3. The molecule has 7 heteroatoms. The smallest absolute Gasteiger partial charge is 0.227 e. The van der Waals surface area contributed by atoms with E-state index in [0.29, 0.717) is 12.4 Å². The molecule has 1 atom stereocenters. The van der Waals surface area contributed by atoms with E-state index in [1.54, 1.807) is 18.1 Å². The van der Waals surface area contributed by atoms with Gasteiger partial charge in [-0.15, -0.1) is 10.2 Å². The topological polar surface area (TPSA) is 49.2 Å². The summed E-state index contributed by atoms with van der Waals surface area (Å²) in [5.41, 5.74) is 4.18. The van der Waals surface area contributed by atoms with E-state index in [4.69, 9.17) is 9.47 Å². The average molecular weight is 480 g/mol. The highest BCUT2D eigenvalue weighted by molar-refractivity contribution is 9.10. The third-order valence-corrected chi connectivity index (χ3v) is 6.25. The normalized spacial score (nSPS) is 15.4. The van der Waals surface area contributed by atoms with E-state index in [9.17, 15) is 0 Å². The van der Waals surface area contributed by atoms with Crippen molar-refractivity contribution >= 4 is 27.7 Å². The summed E-state index contributed by atoms with van der Waals surface area (Å²) in [6, 6.07) is 24.3. The SMILES string of the molecule is Brc1cc2c(c(CSc3nncn3-c3ccccc3)c1)O[C@@H](c1ccccc1)OC2. The second-order valence-corrected chi connectivity index (χ2v) is 8.69. The Hall–Kier alpha value is -2.61. The number of hydrogen-bond acceptors (Lipinski definition) is 5. The van der Waals surface area contributed by atoms with Crippen LogP contribution in [-0.2, 0) is 17.1 Å². The molecule has 30 heavy (non-hydrogen) atoms. The molecular formula is C23H18BrN3O2S. The fraction of sp³-hybridized carbons (Fsp3) is 0.130. The van der Waals surface area contributed by atoms with Crippen molar-refractivity contribution in [3.63, 3.8) is 0 Å². The number of benzene rings is 3. The fourth-order valence-electron chi connectivity index (χ4n) is 3.39. The van der Waals surface area contributed by atoms with Crippen LogP contribution in [0.2, 0.25) is 0 Å². The van der Waals surface area contributed by atoms with Crippen molar-refractivity contribution in [1.82, 2.24) is 14.8 Å². The summed E-state index contributed by atoms with van der Waals surface area (Å²) >= 11 is 5.25. The third-order valence-electron chi connectivity index (χ3n) is 4.80. The monoisotopic (exact) mass is 479 g/mol. The van der Waals surface area contributed by atoms with Crippen LogP contribution < -0.4 is 4.74 Å². The number of thioether (sulfide) groups is 1. The fourth-order valence-corrected chi connectivity index (χ4v) is 4.84. The zero-order valence-electron chi connectivity index (χ0n) is 15.9. The largest absolute Gasteiger partial charge is 0.460 e. The molecule has 0 saturated heterocycles. The van der Waals surface area contributed by atoms with Gasteiger partial charge in [-0.1, -0.05) is 76.2 Å². The zero-order valence-corrected chi connectivity index (χ0v) is 18.3. The molecule has 1 aliphatic rings. The Morgan fingerprint density at radius 1 is 1.03 bits per heavy atom. The highest BCUT2D eigenvalue weighted by Gasteiger charge is 2.25. The Labute approximate surface area is 187 Å². The molecule has 5 nitrogen and oxygen atoms in total. The van der Waals surface area contributed by atoms with Gasteiger partial charge in [0.25, 0.3) is 0 Å². The minimum Gasteiger partial charge on any atom is -0.460 e. The summed E-state index contributed by atoms with van der Waals surface area (Å²) < 4.78 is 15.2. The van der Waals surface area contributed by atoms with Gasteiger partial charge in [0.15, 0.2) is 5.16 Å². The molecule has 0 spiro atoms. The molecule has 5 rings (SSSR count). The van der Waals surface area contributed by atoms with Crippen LogP contribution >= 0.6 is 27.7 Å². The van der Waals surface area contributed by atoms with E-state index in [-0.39, 0.29) is 0 Å². The Bertz CT molecular complexity index is 1150. The number of para-hydroxylation sites is 1. The summed E-state index contributed by atoms with van der Waals surface area (Å²) in [5.74, 6) is 1.59. The van der Waals surface area contributed by atoms with Crippen LogP contribution in [0.15, 0.2) is 88.8 Å². The van der Waals surface area contributed by atoms with Crippen molar-refractivity contribution in [3.8, 4) is 11.4 Å². The van der Waals surface area contributed by atoms with Gasteiger partial charge in [0.05, 0.1) is 6.61 Å². The van der Waals surface area contributed by atoms with Gasteiger partial charge in [-0.05, 0) is 24.3 Å². The maximum Gasteiger partial charge on any atom is 0.227 e. The molecule has 0 unspecified atom stereocenters. The number of aromatic nitrogens is 3. The lowest BCUT2D eigenvalue weighted by Crippen LogP contribution is -2.19. The van der Waals surface area contributed by atoms with Gasteiger partial charge in [0.1, 0.15) is 12.1 Å². The predicted molar refractivity (Wildman–Crippen MR) is 120 cm³/mol. The second kappa shape index (κ2) is 8.63. The van der Waals surface area contributed by atoms with Gasteiger partial charge in [0.2, 0.25) is 6.29 Å². The molecule has 0 amide bonds. The quantitative estimate of drug-likeness (QED) is 0.332. The van der Waals surface area contributed by atoms with Crippen molar-refractivity contribution in [2.24, 2.45) is 0 Å². The van der Waals surface area contributed by atoms with Crippen molar-refractivity contribution in [2.45, 2.75) is 23.8 Å². The first-order valence-electron chi connectivity index (χ1n) is 9.51. The van der Waals surface area contributed by atoms with Gasteiger partial charge in [-0.3, -0.25) is 4.57 Å². The standard InChI is InChI=1S/C23H18BrN3O2S/c24-19-11-17-13-28-22(16-7-3-1-4-8-16)29-21(17)18(12-19)14-30-23-26-25-15-27(23)20-9-5-2-6-10-20/h1-12,15,22H,13-14H2/t22-/m0/s1. The second-order valence-electron chi connectivity index (χ2n) is 6.83. The molecule has 3 aromatic carbocycles. The molecule has 0 N–H and O–H groups in total. The van der Waals surface area contributed by atoms with Crippen LogP contribution in [0.5, 0.6) is 5.75 Å². The molecule has 4 aromatic rings. The lowest BCUT2D eigenvalue weighted by Gasteiger charge is -2.28. The van der Waals surface area contributed by atoms with Gasteiger partial charge >= 0.3 is 0 Å². The minimum absolute atomic E-state index is 0.406. The highest BCUT2D eigenvalue weighted by atomic mass is 79.9. The Morgan fingerprint density at radius 3 is 2.60 bits per heavy atom. The number of halogens is 1. The molecule has 150 valence electrons. The summed E-state index contributed by atoms with van der Waals surface area (Å²) in [6.45, 7) is 0.506. The van der Waals surface area contributed by atoms with E-state index in [0.717, 1.165) is 37.8 Å². The Balaban J connectivity index is 1.40. The Morgan fingerprint density at radius 2 is 1.80 bits per heavy atom. The molecule has 0 fully saturated rings. The first-order chi connectivity index (χ1) is 14.8. The summed E-state index contributed by atoms with van der Waals surface area (Å²) in [6.07, 6.45) is 1.33. The van der Waals surface area contributed by atoms with Crippen LogP contribution in [0.1, 0.15) is 23.0 Å². The third kappa shape index (κ3) is 4.01. The van der Waals surface area contributed by atoms with E-state index in [1.807, 2.05) is 65.2 Å². The van der Waals surface area contributed by atoms with Crippen LogP contribution in [0.3, 0.4) is 0 Å². The first-order valence-corrected chi connectivity index (χ1v) is 11.3. The number of nitrogens with zero attached hydrogens (tertiary/aromatic N) is 3. The van der Waals surface area contributed by atoms with Crippen molar-refractivity contribution in [2.75, 3.05) is 0 Å². The maximum atomic E-state index is 6.29. The molecule has 1 aliphatic heterocycles. The van der Waals surface area contributed by atoms with E-state index < -0.39 is 6.29 Å². The van der Waals surface area contributed by atoms with Gasteiger partial charge in [0, 0.05) is 32.6 Å². The molecule has 2 heterocycles. The van der Waals surface area contributed by atoms with E-state index >= 15 is 0 Å². The molecule has 1 aromatic heterocycles. The molecular weight excluding hydrogens is 462 g/mol. The highest BCUT2D eigenvalue weighted by Crippen LogP contribution is 2.40. The van der Waals surface area contributed by atoms with Gasteiger partial charge in [-0.25, -0.2) is 0 Å². The number of ether oxygens (including phenoxy) is 2. The van der Waals surface area contributed by atoms with Crippen molar-refractivity contribution in [3.05, 3.63) is 100 Å². The van der Waals surface area contributed by atoms with E-state index in [2.05, 4.69) is 38.3 Å². The van der Waals surface area contributed by atoms with Crippen molar-refractivity contribution < 1.29 is 9.47 Å². The summed E-state index contributed by atoms with van der Waals surface area (Å²) in [4.78, 5) is 0. The van der Waals surface area contributed by atoms with E-state index in [1.165, 1.54) is 0 Å². The van der Waals surface area contributed by atoms with Crippen LogP contribution in [-0.4, -0.2) is 14.8 Å². The summed E-state index contributed by atoms with van der Waals surface area (Å²) in [7, 11) is 0. The molecule has 0 saturated carbocycles. The number of fused-ring (bicyclic) bond motifs is 1. The number of hydrogen-bond donors (Lipinski definition) is 0. The first kappa shape index (κ1) is 19.4. The maximum absolute atomic E-state index is 6.29. The van der Waals surface area contributed by atoms with Crippen molar-refractivity contribution in [1.29, 1.82) is 0 Å². The lowest BCUT2D eigenvalue weighted by atomic mass is 10.1. The molecule has 0 bridgehead atoms. The molecule has 0 aliphatic carbocycles. The number of rotatable bonds is 5. The van der Waals surface area contributed by atoms with Crippen LogP contribution in [0.4, 0.5) is 0 Å². The van der Waals surface area contributed by atoms with Gasteiger partial charge < -0.3 is 9.47 Å². The lowest BCUT2D eigenvalue weighted by molar-refractivity contribution is -0.111. The average Bonchev–Trinajstić information content (AvgIpc) is 3.27. The predicted octanol–water partition coefficient (Wildman–Crippen LogP) is 5.93. The summed E-state index contributed by atoms with van der Waals surface area (Å²) in [5, 5.41) is 9.24.